The van der Waals surface area contributed by atoms with Crippen molar-refractivity contribution in [2.24, 2.45) is 5.92 Å². The number of aryl methyl sites for hydroxylation is 3. The first-order valence-electron chi connectivity index (χ1n) is 8.75. The number of aliphatic hydroxyl groups is 1. The van der Waals surface area contributed by atoms with Crippen LogP contribution in [0.1, 0.15) is 36.5 Å². The molecule has 4 heteroatoms. The van der Waals surface area contributed by atoms with Gasteiger partial charge < -0.3 is 14.9 Å². The van der Waals surface area contributed by atoms with E-state index in [0.717, 1.165) is 60.3 Å². The summed E-state index contributed by atoms with van der Waals surface area (Å²) in [6.07, 6.45) is 2.00. The number of likely N-dealkylation sites (tertiary alicyclic amines) is 1. The summed E-state index contributed by atoms with van der Waals surface area (Å²) < 4.78 is 0.862. The van der Waals surface area contributed by atoms with Gasteiger partial charge in [-0.1, -0.05) is 17.7 Å². The zero-order chi connectivity index (χ0) is 17.0. The Morgan fingerprint density at radius 1 is 1.30 bits per heavy atom. The number of hydrogen-bond acceptors (Lipinski definition) is 2. The van der Waals surface area contributed by atoms with Crippen LogP contribution in [0.5, 0.6) is 0 Å². The van der Waals surface area contributed by atoms with E-state index in [1.807, 2.05) is 0 Å². The zero-order valence-electron chi connectivity index (χ0n) is 15.0. The first-order valence-corrected chi connectivity index (χ1v) is 8.75. The van der Waals surface area contributed by atoms with Gasteiger partial charge in [-0.15, -0.1) is 0 Å². The number of carbonyl (C=O) groups is 1. The highest BCUT2D eigenvalue weighted by atomic mass is 16.3. The molecule has 2 N–H and O–H groups in total. The van der Waals surface area contributed by atoms with E-state index >= 15 is 0 Å². The van der Waals surface area contributed by atoms with Crippen LogP contribution < -0.4 is 5.32 Å². The maximum absolute atomic E-state index is 12.8. The van der Waals surface area contributed by atoms with E-state index in [0.29, 0.717) is 0 Å². The molecule has 0 saturated carbocycles. The minimum Gasteiger partial charge on any atom is -0.391 e. The number of anilines is 1. The van der Waals surface area contributed by atoms with Crippen molar-refractivity contribution in [3.8, 4) is 0 Å². The SMILES string of the molecule is CC[N+]1(CCO)CCCC(C(=O)Nc2c(C)cc(C)cc2C)C1. The molecule has 1 saturated heterocycles. The highest BCUT2D eigenvalue weighted by Crippen LogP contribution is 2.27. The van der Waals surface area contributed by atoms with Crippen LogP contribution in [0.4, 0.5) is 5.69 Å². The van der Waals surface area contributed by atoms with Gasteiger partial charge in [0.15, 0.2) is 0 Å². The highest BCUT2D eigenvalue weighted by Gasteiger charge is 2.36. The lowest BCUT2D eigenvalue weighted by molar-refractivity contribution is -0.933. The first-order chi connectivity index (χ1) is 10.9. The summed E-state index contributed by atoms with van der Waals surface area (Å²) in [5, 5.41) is 12.5. The Morgan fingerprint density at radius 2 is 1.96 bits per heavy atom. The van der Waals surface area contributed by atoms with E-state index in [1.54, 1.807) is 0 Å². The maximum atomic E-state index is 12.8. The Kier molecular flexibility index (Phi) is 5.82. The van der Waals surface area contributed by atoms with Crippen LogP contribution in [0.3, 0.4) is 0 Å². The lowest BCUT2D eigenvalue weighted by Gasteiger charge is -2.43. The normalized spacial score (nSPS) is 24.5. The van der Waals surface area contributed by atoms with Gasteiger partial charge in [-0.25, -0.2) is 0 Å². The van der Waals surface area contributed by atoms with Crippen molar-refractivity contribution < 1.29 is 14.4 Å². The second-order valence-electron chi connectivity index (χ2n) is 7.11. The molecule has 0 radical (unpaired) electrons. The molecule has 1 fully saturated rings. The molecule has 0 bridgehead atoms. The number of quaternary nitrogens is 1. The van der Waals surface area contributed by atoms with Crippen LogP contribution in [0.2, 0.25) is 0 Å². The molecule has 2 rings (SSSR count). The number of likely N-dealkylation sites (N-methyl/N-ethyl adjacent to an activating group) is 1. The van der Waals surface area contributed by atoms with Gasteiger partial charge in [0, 0.05) is 5.69 Å². The van der Waals surface area contributed by atoms with E-state index in [-0.39, 0.29) is 18.4 Å². The second kappa shape index (κ2) is 7.45. The molecule has 2 unspecified atom stereocenters. The average molecular weight is 319 g/mol. The molecule has 0 aliphatic carbocycles. The summed E-state index contributed by atoms with van der Waals surface area (Å²) >= 11 is 0. The van der Waals surface area contributed by atoms with Gasteiger partial charge in [-0.2, -0.15) is 0 Å². The first kappa shape index (κ1) is 18.0. The standard InChI is InChI=1S/C19H30N2O2/c1-5-21(9-10-22)8-6-7-17(13-21)19(23)20-18-15(3)11-14(2)12-16(18)4/h11-12,17,22H,5-10,13H2,1-4H3/p+1. The van der Waals surface area contributed by atoms with Gasteiger partial charge in [-0.05, 0) is 51.7 Å². The molecule has 0 spiro atoms. The number of benzene rings is 1. The molecule has 1 heterocycles. The molecule has 0 aromatic heterocycles. The number of aliphatic hydroxyl groups excluding tert-OH is 1. The predicted octanol–water partition coefficient (Wildman–Crippen LogP) is 2.79. The fourth-order valence-corrected chi connectivity index (χ4v) is 4.00. The number of nitrogens with zero attached hydrogens (tertiary/aromatic N) is 1. The number of carbonyl (C=O) groups excluding carboxylic acids is 1. The minimum absolute atomic E-state index is 0.0374. The summed E-state index contributed by atoms with van der Waals surface area (Å²) in [7, 11) is 0. The highest BCUT2D eigenvalue weighted by molar-refractivity contribution is 5.94. The Bertz CT molecular complexity index is 543. The molecule has 1 aromatic rings. The molecule has 1 aliphatic heterocycles. The van der Waals surface area contributed by atoms with Crippen molar-refractivity contribution in [1.29, 1.82) is 0 Å². The van der Waals surface area contributed by atoms with Crippen LogP contribution in [0.15, 0.2) is 12.1 Å². The van der Waals surface area contributed by atoms with Crippen LogP contribution in [0, 0.1) is 26.7 Å². The number of amides is 1. The van der Waals surface area contributed by atoms with E-state index in [2.05, 4.69) is 45.1 Å². The molecular weight excluding hydrogens is 288 g/mol. The fourth-order valence-electron chi connectivity index (χ4n) is 4.00. The summed E-state index contributed by atoms with van der Waals surface area (Å²) in [5.74, 6) is 0.170. The summed E-state index contributed by atoms with van der Waals surface area (Å²) in [6, 6.07) is 4.23. The predicted molar refractivity (Wildman–Crippen MR) is 94.5 cm³/mol. The van der Waals surface area contributed by atoms with Crippen LogP contribution in [-0.4, -0.2) is 48.3 Å². The monoisotopic (exact) mass is 319 g/mol. The minimum atomic E-state index is 0.0374. The summed E-state index contributed by atoms with van der Waals surface area (Å²) in [4.78, 5) is 12.8. The van der Waals surface area contributed by atoms with E-state index < -0.39 is 0 Å². The molecule has 1 aromatic carbocycles. The molecule has 128 valence electrons. The molecule has 1 amide bonds. The van der Waals surface area contributed by atoms with Gasteiger partial charge >= 0.3 is 0 Å². The van der Waals surface area contributed by atoms with Gasteiger partial charge in [0.1, 0.15) is 6.54 Å². The lowest BCUT2D eigenvalue weighted by Crippen LogP contribution is -2.57. The number of hydrogen-bond donors (Lipinski definition) is 2. The summed E-state index contributed by atoms with van der Waals surface area (Å²) in [6.45, 7) is 12.2. The molecule has 4 nitrogen and oxygen atoms in total. The van der Waals surface area contributed by atoms with E-state index in [1.165, 1.54) is 5.56 Å². The van der Waals surface area contributed by atoms with Gasteiger partial charge in [-0.3, -0.25) is 4.79 Å². The Labute approximate surface area is 140 Å². The van der Waals surface area contributed by atoms with Crippen LogP contribution >= 0.6 is 0 Å². The Hall–Kier alpha value is -1.39. The van der Waals surface area contributed by atoms with Crippen molar-refractivity contribution in [3.05, 3.63) is 28.8 Å². The van der Waals surface area contributed by atoms with E-state index in [9.17, 15) is 9.90 Å². The molecule has 2 atom stereocenters. The van der Waals surface area contributed by atoms with Crippen LogP contribution in [0.25, 0.3) is 0 Å². The molecular formula is C19H31N2O2+. The second-order valence-corrected chi connectivity index (χ2v) is 7.11. The third-order valence-corrected chi connectivity index (χ3v) is 5.33. The lowest BCUT2D eigenvalue weighted by atomic mass is 9.94. The van der Waals surface area contributed by atoms with E-state index in [4.69, 9.17) is 0 Å². The molecule has 1 aliphatic rings. The Morgan fingerprint density at radius 3 is 2.52 bits per heavy atom. The van der Waals surface area contributed by atoms with Crippen molar-refractivity contribution in [3.63, 3.8) is 0 Å². The quantitative estimate of drug-likeness (QED) is 0.820. The Balaban J connectivity index is 2.12. The molecule has 23 heavy (non-hydrogen) atoms. The van der Waals surface area contributed by atoms with Gasteiger partial charge in [0.05, 0.1) is 32.2 Å². The number of nitrogens with one attached hydrogen (secondary N) is 1. The smallest absolute Gasteiger partial charge is 0.233 e. The summed E-state index contributed by atoms with van der Waals surface area (Å²) in [5.41, 5.74) is 4.43. The zero-order valence-corrected chi connectivity index (χ0v) is 15.0. The van der Waals surface area contributed by atoms with Gasteiger partial charge in [0.2, 0.25) is 5.91 Å². The third-order valence-electron chi connectivity index (χ3n) is 5.33. The number of piperidine rings is 1. The van der Waals surface area contributed by atoms with Crippen LogP contribution in [-0.2, 0) is 4.79 Å². The van der Waals surface area contributed by atoms with Crippen molar-refractivity contribution in [1.82, 2.24) is 0 Å². The largest absolute Gasteiger partial charge is 0.391 e. The number of rotatable bonds is 5. The topological polar surface area (TPSA) is 49.3 Å². The average Bonchev–Trinajstić information content (AvgIpc) is 2.51. The van der Waals surface area contributed by atoms with Crippen molar-refractivity contribution >= 4 is 11.6 Å². The third kappa shape index (κ3) is 4.12. The fraction of sp³-hybridized carbons (Fsp3) is 0.632. The van der Waals surface area contributed by atoms with Crippen molar-refractivity contribution in [2.45, 2.75) is 40.5 Å². The van der Waals surface area contributed by atoms with Gasteiger partial charge in [0.25, 0.3) is 0 Å². The van der Waals surface area contributed by atoms with Crippen molar-refractivity contribution in [2.75, 3.05) is 38.1 Å². The maximum Gasteiger partial charge on any atom is 0.233 e.